The fourth-order valence-electron chi connectivity index (χ4n) is 5.43. The molecule has 2 aliphatic heterocycles. The number of ether oxygens (including phenoxy) is 2. The highest BCUT2D eigenvalue weighted by Crippen LogP contribution is 2.43. The van der Waals surface area contributed by atoms with Gasteiger partial charge in [0.15, 0.2) is 5.13 Å². The Kier molecular flexibility index (Phi) is 6.81. The van der Waals surface area contributed by atoms with Crippen LogP contribution >= 0.6 is 11.3 Å². The summed E-state index contributed by atoms with van der Waals surface area (Å²) in [5, 5.41) is 3.95. The lowest BCUT2D eigenvalue weighted by Gasteiger charge is -2.45. The van der Waals surface area contributed by atoms with Crippen molar-refractivity contribution < 1.29 is 9.47 Å². The molecule has 6 rings (SSSR count). The van der Waals surface area contributed by atoms with Crippen molar-refractivity contribution in [2.24, 2.45) is 5.41 Å². The number of anilines is 2. The maximum atomic E-state index is 6.14. The van der Waals surface area contributed by atoms with Crippen LogP contribution in [-0.2, 0) is 11.2 Å². The van der Waals surface area contributed by atoms with Crippen molar-refractivity contribution in [2.75, 3.05) is 32.1 Å². The molecule has 36 heavy (non-hydrogen) atoms. The van der Waals surface area contributed by atoms with Crippen LogP contribution in [0.2, 0.25) is 0 Å². The first kappa shape index (κ1) is 23.7. The Morgan fingerprint density at radius 3 is 2.67 bits per heavy atom. The van der Waals surface area contributed by atoms with Crippen LogP contribution in [0.1, 0.15) is 50.5 Å². The Balaban J connectivity index is 1.05. The van der Waals surface area contributed by atoms with Gasteiger partial charge in [0, 0.05) is 36.2 Å². The summed E-state index contributed by atoms with van der Waals surface area (Å²) in [5.41, 5.74) is 2.38. The Hall–Kier alpha value is -2.69. The first-order chi connectivity index (χ1) is 17.6. The Bertz CT molecular complexity index is 1160. The van der Waals surface area contributed by atoms with E-state index in [0.29, 0.717) is 23.4 Å². The molecule has 3 fully saturated rings. The number of aromatic nitrogens is 5. The maximum Gasteiger partial charge on any atom is 0.317 e. The van der Waals surface area contributed by atoms with Gasteiger partial charge in [-0.3, -0.25) is 0 Å². The van der Waals surface area contributed by atoms with Gasteiger partial charge in [-0.2, -0.15) is 4.98 Å². The number of thiazole rings is 1. The average molecular weight is 508 g/mol. The number of nitrogens with zero attached hydrogens (tertiary/aromatic N) is 6. The van der Waals surface area contributed by atoms with E-state index in [9.17, 15) is 0 Å². The lowest BCUT2D eigenvalue weighted by atomic mass is 9.72. The summed E-state index contributed by atoms with van der Waals surface area (Å²) in [6.07, 6.45) is 16.8. The van der Waals surface area contributed by atoms with E-state index in [1.165, 1.54) is 42.7 Å². The zero-order chi connectivity index (χ0) is 24.4. The van der Waals surface area contributed by atoms with Gasteiger partial charge in [0.25, 0.3) is 0 Å². The summed E-state index contributed by atoms with van der Waals surface area (Å²) in [6, 6.07) is 2.90. The van der Waals surface area contributed by atoms with E-state index in [2.05, 4.69) is 42.2 Å². The van der Waals surface area contributed by atoms with Crippen LogP contribution < -0.4 is 10.1 Å². The first-order valence-corrected chi connectivity index (χ1v) is 13.8. The predicted octanol–water partition coefficient (Wildman–Crippen LogP) is 4.50. The third-order valence-electron chi connectivity index (χ3n) is 7.79. The third-order valence-corrected chi connectivity index (χ3v) is 8.73. The fraction of sp³-hybridized carbons (Fsp3) is 0.577. The van der Waals surface area contributed by atoms with Gasteiger partial charge in [0.05, 0.1) is 23.8 Å². The first-order valence-electron chi connectivity index (χ1n) is 13.0. The number of hydrogen-bond acceptors (Lipinski definition) is 10. The van der Waals surface area contributed by atoms with E-state index in [1.807, 2.05) is 24.7 Å². The Morgan fingerprint density at radius 1 is 1.08 bits per heavy atom. The molecular formula is C26H33N7O2S. The van der Waals surface area contributed by atoms with E-state index in [-0.39, 0.29) is 6.10 Å². The summed E-state index contributed by atoms with van der Waals surface area (Å²) in [7, 11) is 2.21. The minimum atomic E-state index is 0.170. The lowest BCUT2D eigenvalue weighted by molar-refractivity contribution is -0.140. The van der Waals surface area contributed by atoms with E-state index in [1.54, 1.807) is 6.20 Å². The van der Waals surface area contributed by atoms with Crippen molar-refractivity contribution in [1.29, 1.82) is 0 Å². The molecule has 1 aliphatic carbocycles. The molecule has 3 aromatic rings. The van der Waals surface area contributed by atoms with Crippen LogP contribution in [0.3, 0.4) is 0 Å². The molecule has 0 bridgehead atoms. The average Bonchev–Trinajstić information content (AvgIpc) is 3.35. The highest BCUT2D eigenvalue weighted by atomic mass is 32.1. The number of likely N-dealkylation sites (N-methyl/N-ethyl adjacent to an activating group) is 1. The molecule has 3 aliphatic rings. The van der Waals surface area contributed by atoms with E-state index in [0.717, 1.165) is 61.0 Å². The number of rotatable bonds is 7. The standard InChI is InChI=1S/C26H33N7O2S/c1-33-11-3-2-4-19(33)12-18-13-28-23(29-14-18)32-25-30-15-22(36-25)21-7-10-27-24(31-21)35-20-5-8-26(9-6-20)16-34-17-26/h7,10,13-15,19-20H,2-6,8-9,11-12,16-17H2,1H3,(H,28,29,30,32)/t19-/m1/s1. The smallest absolute Gasteiger partial charge is 0.317 e. The molecule has 10 heteroatoms. The summed E-state index contributed by atoms with van der Waals surface area (Å²) in [4.78, 5) is 25.9. The normalized spacial score (nSPS) is 22.3. The SMILES string of the molecule is CN1CCCC[C@@H]1Cc1cnc(Nc2ncc(-c3ccnc(OC4CCC5(CC4)COC5)n3)s2)nc1. The van der Waals surface area contributed by atoms with Crippen LogP contribution in [0.4, 0.5) is 11.1 Å². The highest BCUT2D eigenvalue weighted by molar-refractivity contribution is 7.18. The second kappa shape index (κ2) is 10.4. The summed E-state index contributed by atoms with van der Waals surface area (Å²) in [6.45, 7) is 2.98. The van der Waals surface area contributed by atoms with Gasteiger partial charge in [-0.05, 0) is 70.2 Å². The van der Waals surface area contributed by atoms with Crippen LogP contribution in [0, 0.1) is 5.41 Å². The highest BCUT2D eigenvalue weighted by Gasteiger charge is 2.42. The Morgan fingerprint density at radius 2 is 1.92 bits per heavy atom. The van der Waals surface area contributed by atoms with Crippen LogP contribution in [0.15, 0.2) is 30.9 Å². The maximum absolute atomic E-state index is 6.14. The monoisotopic (exact) mass is 507 g/mol. The van der Waals surface area contributed by atoms with E-state index in [4.69, 9.17) is 9.47 Å². The quantitative estimate of drug-likeness (QED) is 0.496. The van der Waals surface area contributed by atoms with Crippen molar-refractivity contribution in [3.63, 3.8) is 0 Å². The lowest BCUT2D eigenvalue weighted by Crippen LogP contribution is -2.46. The molecule has 0 radical (unpaired) electrons. The summed E-state index contributed by atoms with van der Waals surface area (Å²) >= 11 is 1.51. The van der Waals surface area contributed by atoms with Crippen molar-refractivity contribution >= 4 is 22.4 Å². The van der Waals surface area contributed by atoms with Gasteiger partial charge in [-0.1, -0.05) is 17.8 Å². The second-order valence-electron chi connectivity index (χ2n) is 10.4. The molecule has 0 amide bonds. The van der Waals surface area contributed by atoms with Crippen LogP contribution in [-0.4, -0.2) is 68.8 Å². The third kappa shape index (κ3) is 5.35. The number of piperidine rings is 1. The van der Waals surface area contributed by atoms with Gasteiger partial charge < -0.3 is 19.7 Å². The largest absolute Gasteiger partial charge is 0.460 e. The van der Waals surface area contributed by atoms with Crippen molar-refractivity contribution in [2.45, 2.75) is 63.5 Å². The molecule has 9 nitrogen and oxygen atoms in total. The minimum Gasteiger partial charge on any atom is -0.460 e. The molecule has 1 saturated carbocycles. The zero-order valence-electron chi connectivity index (χ0n) is 20.7. The van der Waals surface area contributed by atoms with Gasteiger partial charge >= 0.3 is 6.01 Å². The molecule has 190 valence electrons. The van der Waals surface area contributed by atoms with Gasteiger partial charge in [-0.15, -0.1) is 0 Å². The number of likely N-dealkylation sites (tertiary alicyclic amines) is 1. The van der Waals surface area contributed by atoms with E-state index >= 15 is 0 Å². The molecule has 1 spiro atoms. The van der Waals surface area contributed by atoms with E-state index < -0.39 is 0 Å². The molecule has 0 aromatic carbocycles. The molecular weight excluding hydrogens is 474 g/mol. The predicted molar refractivity (Wildman–Crippen MR) is 139 cm³/mol. The molecule has 1 atom stereocenters. The van der Waals surface area contributed by atoms with Gasteiger partial charge in [0.1, 0.15) is 6.10 Å². The van der Waals surface area contributed by atoms with Crippen molar-refractivity contribution in [1.82, 2.24) is 29.8 Å². The zero-order valence-corrected chi connectivity index (χ0v) is 21.5. The molecule has 1 N–H and O–H groups in total. The van der Waals surface area contributed by atoms with Gasteiger partial charge in [0.2, 0.25) is 5.95 Å². The number of hydrogen-bond donors (Lipinski definition) is 1. The summed E-state index contributed by atoms with van der Waals surface area (Å²) in [5.74, 6) is 0.551. The molecule has 0 unspecified atom stereocenters. The minimum absolute atomic E-state index is 0.170. The van der Waals surface area contributed by atoms with Crippen LogP contribution in [0.5, 0.6) is 6.01 Å². The molecule has 2 saturated heterocycles. The van der Waals surface area contributed by atoms with Crippen LogP contribution in [0.25, 0.3) is 10.6 Å². The topological polar surface area (TPSA) is 98.2 Å². The van der Waals surface area contributed by atoms with Crippen molar-refractivity contribution in [3.8, 4) is 16.6 Å². The fourth-order valence-corrected chi connectivity index (χ4v) is 6.21. The van der Waals surface area contributed by atoms with Gasteiger partial charge in [-0.25, -0.2) is 19.9 Å². The summed E-state index contributed by atoms with van der Waals surface area (Å²) < 4.78 is 11.6. The second-order valence-corrected chi connectivity index (χ2v) is 11.5. The number of nitrogens with one attached hydrogen (secondary N) is 1. The Labute approximate surface area is 215 Å². The molecule has 3 aromatic heterocycles. The van der Waals surface area contributed by atoms with Crippen molar-refractivity contribution in [3.05, 3.63) is 36.4 Å². The molecule has 5 heterocycles.